The Kier molecular flexibility index (Phi) is 5.95. The Morgan fingerprint density at radius 2 is 2.22 bits per heavy atom. The molecule has 0 heterocycles. The maximum absolute atomic E-state index is 11.4. The number of hydrogen-bond acceptors (Lipinski definition) is 3. The summed E-state index contributed by atoms with van der Waals surface area (Å²) in [6, 6.07) is 5.25. The van der Waals surface area contributed by atoms with Crippen LogP contribution >= 0.6 is 11.6 Å². The average Bonchev–Trinajstić information content (AvgIpc) is 2.35. The summed E-state index contributed by atoms with van der Waals surface area (Å²) in [5.74, 6) is 0.0575. The van der Waals surface area contributed by atoms with Gasteiger partial charge >= 0.3 is 0 Å². The number of para-hydroxylation sites is 1. The number of likely N-dealkylation sites (N-methyl/N-ethyl adjacent to an activating group) is 1. The molecule has 0 unspecified atom stereocenters. The summed E-state index contributed by atoms with van der Waals surface area (Å²) in [5, 5.41) is 12.8. The summed E-state index contributed by atoms with van der Waals surface area (Å²) in [6.07, 6.45) is 0.943. The standard InChI is InChI=1S/C13H19ClN2O2/c1-3-7-16(9-12(17)15-2)8-10-5-4-6-11(14)13(10)18/h4-6,18H,3,7-9H2,1-2H3,(H,15,17). The topological polar surface area (TPSA) is 52.6 Å². The molecule has 1 amide bonds. The molecule has 0 aliphatic heterocycles. The fourth-order valence-corrected chi connectivity index (χ4v) is 1.93. The first-order valence-corrected chi connectivity index (χ1v) is 6.35. The van der Waals surface area contributed by atoms with E-state index in [-0.39, 0.29) is 11.7 Å². The molecule has 4 nitrogen and oxygen atoms in total. The molecule has 0 spiro atoms. The smallest absolute Gasteiger partial charge is 0.233 e. The molecule has 0 aliphatic carbocycles. The first-order chi connectivity index (χ1) is 8.58. The van der Waals surface area contributed by atoms with Gasteiger partial charge < -0.3 is 10.4 Å². The average molecular weight is 271 g/mol. The van der Waals surface area contributed by atoms with Gasteiger partial charge in [0, 0.05) is 19.2 Å². The number of nitrogens with one attached hydrogen (secondary N) is 1. The van der Waals surface area contributed by atoms with Crippen LogP contribution in [0.4, 0.5) is 0 Å². The Bertz CT molecular complexity index is 410. The van der Waals surface area contributed by atoms with E-state index in [2.05, 4.69) is 12.2 Å². The van der Waals surface area contributed by atoms with Crippen LogP contribution in [0.15, 0.2) is 18.2 Å². The zero-order valence-corrected chi connectivity index (χ0v) is 11.5. The van der Waals surface area contributed by atoms with Crippen LogP contribution < -0.4 is 5.32 Å². The van der Waals surface area contributed by atoms with E-state index in [4.69, 9.17) is 11.6 Å². The monoisotopic (exact) mass is 270 g/mol. The number of carbonyl (C=O) groups excluding carboxylic acids is 1. The second-order valence-electron chi connectivity index (χ2n) is 4.13. The van der Waals surface area contributed by atoms with E-state index in [0.29, 0.717) is 18.1 Å². The highest BCUT2D eigenvalue weighted by atomic mass is 35.5. The molecule has 0 bridgehead atoms. The summed E-state index contributed by atoms with van der Waals surface area (Å²) in [4.78, 5) is 13.4. The summed E-state index contributed by atoms with van der Waals surface area (Å²) >= 11 is 5.86. The minimum atomic E-state index is -0.0371. The number of halogens is 1. The molecule has 1 aromatic rings. The second-order valence-corrected chi connectivity index (χ2v) is 4.54. The largest absolute Gasteiger partial charge is 0.506 e. The van der Waals surface area contributed by atoms with Crippen molar-refractivity contribution in [3.05, 3.63) is 28.8 Å². The molecular weight excluding hydrogens is 252 g/mol. The van der Waals surface area contributed by atoms with Gasteiger partial charge in [-0.15, -0.1) is 0 Å². The van der Waals surface area contributed by atoms with E-state index < -0.39 is 0 Å². The van der Waals surface area contributed by atoms with Crippen LogP contribution in [0.2, 0.25) is 5.02 Å². The Hall–Kier alpha value is -1.26. The molecule has 0 aliphatic rings. The second kappa shape index (κ2) is 7.24. The van der Waals surface area contributed by atoms with Crippen molar-refractivity contribution in [1.82, 2.24) is 10.2 Å². The number of rotatable bonds is 6. The number of hydrogen-bond donors (Lipinski definition) is 2. The Morgan fingerprint density at radius 1 is 1.50 bits per heavy atom. The molecule has 1 rings (SSSR count). The van der Waals surface area contributed by atoms with Crippen molar-refractivity contribution in [1.29, 1.82) is 0 Å². The highest BCUT2D eigenvalue weighted by molar-refractivity contribution is 6.32. The zero-order valence-electron chi connectivity index (χ0n) is 10.7. The van der Waals surface area contributed by atoms with Crippen molar-refractivity contribution in [3.63, 3.8) is 0 Å². The normalized spacial score (nSPS) is 10.7. The lowest BCUT2D eigenvalue weighted by Crippen LogP contribution is -2.35. The van der Waals surface area contributed by atoms with Gasteiger partial charge in [-0.2, -0.15) is 0 Å². The van der Waals surface area contributed by atoms with E-state index in [1.54, 1.807) is 19.2 Å². The molecule has 1 aromatic carbocycles. The maximum Gasteiger partial charge on any atom is 0.233 e. The van der Waals surface area contributed by atoms with Crippen molar-refractivity contribution in [3.8, 4) is 5.75 Å². The van der Waals surface area contributed by atoms with Gasteiger partial charge in [0.25, 0.3) is 0 Å². The highest BCUT2D eigenvalue weighted by Gasteiger charge is 2.12. The van der Waals surface area contributed by atoms with Crippen LogP contribution in [0.5, 0.6) is 5.75 Å². The van der Waals surface area contributed by atoms with Crippen LogP contribution in [-0.2, 0) is 11.3 Å². The van der Waals surface area contributed by atoms with E-state index in [9.17, 15) is 9.90 Å². The fraction of sp³-hybridized carbons (Fsp3) is 0.462. The lowest BCUT2D eigenvalue weighted by atomic mass is 10.2. The van der Waals surface area contributed by atoms with Gasteiger partial charge in [-0.05, 0) is 19.0 Å². The van der Waals surface area contributed by atoms with Crippen LogP contribution in [0, 0.1) is 0 Å². The quantitative estimate of drug-likeness (QED) is 0.831. The predicted molar refractivity (Wildman–Crippen MR) is 72.8 cm³/mol. The van der Waals surface area contributed by atoms with Gasteiger partial charge in [0.2, 0.25) is 5.91 Å². The summed E-state index contributed by atoms with van der Waals surface area (Å²) in [6.45, 7) is 3.66. The third-order valence-electron chi connectivity index (χ3n) is 2.65. The number of amides is 1. The van der Waals surface area contributed by atoms with Crippen molar-refractivity contribution in [2.24, 2.45) is 0 Å². The lowest BCUT2D eigenvalue weighted by molar-refractivity contribution is -0.121. The Morgan fingerprint density at radius 3 is 2.83 bits per heavy atom. The van der Waals surface area contributed by atoms with Crippen molar-refractivity contribution in [2.75, 3.05) is 20.1 Å². The van der Waals surface area contributed by atoms with E-state index >= 15 is 0 Å². The van der Waals surface area contributed by atoms with Gasteiger partial charge in [-0.1, -0.05) is 30.7 Å². The highest BCUT2D eigenvalue weighted by Crippen LogP contribution is 2.27. The predicted octanol–water partition coefficient (Wildman–Crippen LogP) is 2.00. The van der Waals surface area contributed by atoms with Crippen LogP contribution in [0.1, 0.15) is 18.9 Å². The van der Waals surface area contributed by atoms with Gasteiger partial charge in [0.05, 0.1) is 11.6 Å². The van der Waals surface area contributed by atoms with Gasteiger partial charge in [0.1, 0.15) is 5.75 Å². The minimum Gasteiger partial charge on any atom is -0.506 e. The summed E-state index contributed by atoms with van der Waals surface area (Å²) in [7, 11) is 1.61. The summed E-state index contributed by atoms with van der Waals surface area (Å²) < 4.78 is 0. The molecule has 100 valence electrons. The molecule has 0 saturated heterocycles. The molecule has 0 saturated carbocycles. The molecule has 0 radical (unpaired) electrons. The van der Waals surface area contributed by atoms with Crippen molar-refractivity contribution < 1.29 is 9.90 Å². The number of carbonyl (C=O) groups is 1. The number of benzene rings is 1. The third-order valence-corrected chi connectivity index (χ3v) is 2.96. The molecular formula is C13H19ClN2O2. The number of nitrogens with zero attached hydrogens (tertiary/aromatic N) is 1. The zero-order chi connectivity index (χ0) is 13.5. The van der Waals surface area contributed by atoms with Crippen LogP contribution in [-0.4, -0.2) is 36.1 Å². The molecule has 5 heteroatoms. The first-order valence-electron chi connectivity index (χ1n) is 5.97. The third kappa shape index (κ3) is 4.20. The van der Waals surface area contributed by atoms with Gasteiger partial charge in [0.15, 0.2) is 0 Å². The van der Waals surface area contributed by atoms with Crippen LogP contribution in [0.3, 0.4) is 0 Å². The van der Waals surface area contributed by atoms with E-state index in [1.165, 1.54) is 0 Å². The SMILES string of the molecule is CCCN(CC(=O)NC)Cc1cccc(Cl)c1O. The lowest BCUT2D eigenvalue weighted by Gasteiger charge is -2.21. The molecule has 2 N–H and O–H groups in total. The molecule has 0 atom stereocenters. The van der Waals surface area contributed by atoms with Crippen molar-refractivity contribution >= 4 is 17.5 Å². The van der Waals surface area contributed by atoms with Crippen LogP contribution in [0.25, 0.3) is 0 Å². The Labute approximate surface area is 113 Å². The van der Waals surface area contributed by atoms with Crippen molar-refractivity contribution in [2.45, 2.75) is 19.9 Å². The van der Waals surface area contributed by atoms with Gasteiger partial charge in [-0.25, -0.2) is 0 Å². The summed E-state index contributed by atoms with van der Waals surface area (Å²) in [5.41, 5.74) is 0.736. The van der Waals surface area contributed by atoms with Gasteiger partial charge in [-0.3, -0.25) is 9.69 Å². The number of phenols is 1. The Balaban J connectivity index is 2.76. The molecule has 0 aromatic heterocycles. The number of aromatic hydroxyl groups is 1. The van der Waals surface area contributed by atoms with E-state index in [1.807, 2.05) is 11.0 Å². The maximum atomic E-state index is 11.4. The molecule has 18 heavy (non-hydrogen) atoms. The first kappa shape index (κ1) is 14.8. The number of phenolic OH excluding ortho intramolecular Hbond substituents is 1. The fourth-order valence-electron chi connectivity index (χ4n) is 1.74. The minimum absolute atomic E-state index is 0.0371. The molecule has 0 fully saturated rings. The van der Waals surface area contributed by atoms with E-state index in [0.717, 1.165) is 18.5 Å².